The monoisotopic (exact) mass is 384 g/mol. The van der Waals surface area contributed by atoms with E-state index in [9.17, 15) is 14.4 Å². The summed E-state index contributed by atoms with van der Waals surface area (Å²) in [6.45, 7) is 2.28. The summed E-state index contributed by atoms with van der Waals surface area (Å²) in [6, 6.07) is 9.82. The second-order valence-corrected chi connectivity index (χ2v) is 6.95. The van der Waals surface area contributed by atoms with Gasteiger partial charge >= 0.3 is 0 Å². The molecule has 1 atom stereocenters. The molecule has 1 aromatic carbocycles. The van der Waals surface area contributed by atoms with Crippen molar-refractivity contribution in [3.05, 3.63) is 48.4 Å². The van der Waals surface area contributed by atoms with Gasteiger partial charge in [-0.3, -0.25) is 14.4 Å². The van der Waals surface area contributed by atoms with Crippen molar-refractivity contribution in [3.63, 3.8) is 0 Å². The molecule has 0 radical (unpaired) electrons. The molecule has 2 aromatic rings. The predicted molar refractivity (Wildman–Crippen MR) is 99.2 cm³/mol. The normalized spacial score (nSPS) is 20.7. The van der Waals surface area contributed by atoms with Crippen LogP contribution in [0.25, 0.3) is 0 Å². The van der Waals surface area contributed by atoms with E-state index in [0.29, 0.717) is 43.4 Å². The first-order valence-electron chi connectivity index (χ1n) is 9.26. The highest BCUT2D eigenvalue weighted by Crippen LogP contribution is 2.24. The Labute approximate surface area is 162 Å². The molecule has 4 rings (SSSR count). The van der Waals surface area contributed by atoms with Gasteiger partial charge in [0.2, 0.25) is 5.91 Å². The summed E-state index contributed by atoms with van der Waals surface area (Å²) in [5.74, 6) is 0.471. The van der Waals surface area contributed by atoms with Crippen molar-refractivity contribution in [2.75, 3.05) is 38.2 Å². The summed E-state index contributed by atoms with van der Waals surface area (Å²) in [4.78, 5) is 41.8. The van der Waals surface area contributed by atoms with E-state index in [-0.39, 0.29) is 24.1 Å². The van der Waals surface area contributed by atoms with Gasteiger partial charge in [-0.25, -0.2) is 4.90 Å². The average molecular weight is 384 g/mol. The fourth-order valence-electron chi connectivity index (χ4n) is 3.86. The van der Waals surface area contributed by atoms with Crippen molar-refractivity contribution in [1.82, 2.24) is 4.90 Å². The summed E-state index contributed by atoms with van der Waals surface area (Å²) in [5.41, 5.74) is 0.560. The molecule has 0 aliphatic carbocycles. The number of methoxy groups -OCH3 is 1. The molecule has 28 heavy (non-hydrogen) atoms. The Morgan fingerprint density at radius 2 is 1.86 bits per heavy atom. The van der Waals surface area contributed by atoms with Crippen LogP contribution >= 0.6 is 0 Å². The number of carbonyl (C=O) groups is 3. The zero-order valence-corrected chi connectivity index (χ0v) is 15.6. The first-order chi connectivity index (χ1) is 13.6. The van der Waals surface area contributed by atoms with Gasteiger partial charge < -0.3 is 19.0 Å². The van der Waals surface area contributed by atoms with Gasteiger partial charge in [-0.2, -0.15) is 0 Å². The van der Waals surface area contributed by atoms with Gasteiger partial charge in [0.15, 0.2) is 11.8 Å². The van der Waals surface area contributed by atoms with Crippen molar-refractivity contribution in [2.45, 2.75) is 12.5 Å². The predicted octanol–water partition coefficient (Wildman–Crippen LogP) is -0.0390. The number of piperazine rings is 1. The molecule has 0 spiro atoms. The molecule has 8 nitrogen and oxygen atoms in total. The van der Waals surface area contributed by atoms with Gasteiger partial charge in [-0.05, 0) is 36.4 Å². The number of anilines is 1. The Morgan fingerprint density at radius 1 is 1.14 bits per heavy atom. The lowest BCUT2D eigenvalue weighted by molar-refractivity contribution is -0.918. The Bertz CT molecular complexity index is 870. The first-order valence-corrected chi connectivity index (χ1v) is 9.26. The minimum atomic E-state index is -0.407. The summed E-state index contributed by atoms with van der Waals surface area (Å²) >= 11 is 0. The third-order valence-corrected chi connectivity index (χ3v) is 5.39. The Hall–Kier alpha value is -3.13. The summed E-state index contributed by atoms with van der Waals surface area (Å²) in [7, 11) is 1.57. The topological polar surface area (TPSA) is 84.5 Å². The Kier molecular flexibility index (Phi) is 4.87. The van der Waals surface area contributed by atoms with E-state index in [1.54, 1.807) is 48.4 Å². The largest absolute Gasteiger partial charge is 0.497 e. The number of amides is 3. The van der Waals surface area contributed by atoms with Crippen molar-refractivity contribution in [2.24, 2.45) is 0 Å². The number of furan rings is 1. The molecule has 2 fully saturated rings. The molecule has 3 amide bonds. The molecule has 2 saturated heterocycles. The number of ether oxygens (including phenoxy) is 1. The van der Waals surface area contributed by atoms with E-state index in [0.717, 1.165) is 4.90 Å². The van der Waals surface area contributed by atoms with Crippen LogP contribution in [0.3, 0.4) is 0 Å². The average Bonchev–Trinajstić information content (AvgIpc) is 3.36. The van der Waals surface area contributed by atoms with Crippen molar-refractivity contribution >= 4 is 23.4 Å². The minimum Gasteiger partial charge on any atom is -0.497 e. The van der Waals surface area contributed by atoms with Crippen molar-refractivity contribution < 1.29 is 28.4 Å². The molecule has 0 saturated carbocycles. The van der Waals surface area contributed by atoms with Crippen LogP contribution in [-0.4, -0.2) is 62.0 Å². The van der Waals surface area contributed by atoms with Gasteiger partial charge in [0, 0.05) is 0 Å². The lowest BCUT2D eigenvalue weighted by Crippen LogP contribution is -3.19. The number of rotatable bonds is 4. The number of hydrogen-bond donors (Lipinski definition) is 1. The van der Waals surface area contributed by atoms with E-state index in [1.807, 2.05) is 0 Å². The van der Waals surface area contributed by atoms with Crippen molar-refractivity contribution in [3.8, 4) is 5.75 Å². The number of carbonyl (C=O) groups excluding carboxylic acids is 3. The maximum absolute atomic E-state index is 12.9. The molecule has 1 aromatic heterocycles. The highest BCUT2D eigenvalue weighted by Gasteiger charge is 2.46. The highest BCUT2D eigenvalue weighted by molar-refractivity contribution is 6.21. The molecule has 3 heterocycles. The minimum absolute atomic E-state index is 0.141. The maximum atomic E-state index is 12.9. The van der Waals surface area contributed by atoms with Crippen LogP contribution in [-0.2, 0) is 9.59 Å². The van der Waals surface area contributed by atoms with E-state index >= 15 is 0 Å². The molecule has 0 unspecified atom stereocenters. The summed E-state index contributed by atoms with van der Waals surface area (Å²) in [5, 5.41) is 0. The third-order valence-electron chi connectivity index (χ3n) is 5.39. The van der Waals surface area contributed by atoms with Gasteiger partial charge in [-0.1, -0.05) is 0 Å². The van der Waals surface area contributed by atoms with Crippen LogP contribution < -0.4 is 14.5 Å². The second kappa shape index (κ2) is 7.47. The number of benzene rings is 1. The second-order valence-electron chi connectivity index (χ2n) is 6.95. The Balaban J connectivity index is 1.41. The SMILES string of the molecule is COc1ccc(N2C(=O)C[C@H]([NH+]3CCN(C(=O)c4ccco4)CC3)C2=O)cc1. The Morgan fingerprint density at radius 3 is 2.46 bits per heavy atom. The number of nitrogens with zero attached hydrogens (tertiary/aromatic N) is 2. The number of imide groups is 1. The molecule has 0 bridgehead atoms. The lowest BCUT2D eigenvalue weighted by atomic mass is 10.1. The zero-order valence-electron chi connectivity index (χ0n) is 15.6. The van der Waals surface area contributed by atoms with Crippen molar-refractivity contribution in [1.29, 1.82) is 0 Å². The van der Waals surface area contributed by atoms with E-state index in [4.69, 9.17) is 9.15 Å². The molecule has 2 aliphatic rings. The van der Waals surface area contributed by atoms with Gasteiger partial charge in [-0.15, -0.1) is 0 Å². The summed E-state index contributed by atoms with van der Waals surface area (Å²) in [6.07, 6.45) is 1.66. The van der Waals surface area contributed by atoms with Crippen LogP contribution in [0.1, 0.15) is 17.0 Å². The fourth-order valence-corrected chi connectivity index (χ4v) is 3.86. The van der Waals surface area contributed by atoms with Gasteiger partial charge in [0.05, 0.1) is 51.7 Å². The smallest absolute Gasteiger partial charge is 0.292 e. The van der Waals surface area contributed by atoms with Gasteiger partial charge in [0.25, 0.3) is 11.8 Å². The van der Waals surface area contributed by atoms with E-state index < -0.39 is 6.04 Å². The lowest BCUT2D eigenvalue weighted by Gasteiger charge is -2.34. The molecule has 146 valence electrons. The molecular formula is C20H22N3O5+. The number of hydrogen-bond acceptors (Lipinski definition) is 5. The third kappa shape index (κ3) is 3.27. The number of nitrogens with one attached hydrogen (secondary N) is 1. The highest BCUT2D eigenvalue weighted by atomic mass is 16.5. The molecule has 8 heteroatoms. The zero-order chi connectivity index (χ0) is 19.7. The first kappa shape index (κ1) is 18.2. The molecular weight excluding hydrogens is 362 g/mol. The van der Waals surface area contributed by atoms with Crippen LogP contribution in [0, 0.1) is 0 Å². The van der Waals surface area contributed by atoms with Crippen LogP contribution in [0.4, 0.5) is 5.69 Å². The van der Waals surface area contributed by atoms with Crippen LogP contribution in [0.15, 0.2) is 47.1 Å². The molecule has 2 aliphatic heterocycles. The van der Waals surface area contributed by atoms with E-state index in [2.05, 4.69) is 0 Å². The number of quaternary nitrogens is 1. The standard InChI is InChI=1S/C20H21N3O5/c1-27-15-6-4-14(5-7-15)23-18(24)13-16(19(23)25)21-8-10-22(11-9-21)20(26)17-3-2-12-28-17/h2-7,12,16H,8-11,13H2,1H3/p+1/t16-/m0/s1. The van der Waals surface area contributed by atoms with Crippen LogP contribution in [0.2, 0.25) is 0 Å². The maximum Gasteiger partial charge on any atom is 0.292 e. The van der Waals surface area contributed by atoms with E-state index in [1.165, 1.54) is 11.2 Å². The summed E-state index contributed by atoms with van der Waals surface area (Å²) < 4.78 is 10.3. The van der Waals surface area contributed by atoms with Gasteiger partial charge in [0.1, 0.15) is 5.75 Å². The molecule has 1 N–H and O–H groups in total. The quantitative estimate of drug-likeness (QED) is 0.748. The van der Waals surface area contributed by atoms with Crippen LogP contribution in [0.5, 0.6) is 5.75 Å². The fraction of sp³-hybridized carbons (Fsp3) is 0.350.